The summed E-state index contributed by atoms with van der Waals surface area (Å²) in [5.74, 6) is 6.96. The molecule has 3 aromatic heterocycles. The van der Waals surface area contributed by atoms with Gasteiger partial charge in [0.25, 0.3) is 0 Å². The first-order valence-electron chi connectivity index (χ1n) is 12.9. The second kappa shape index (κ2) is 11.8. The van der Waals surface area contributed by atoms with E-state index in [1.165, 1.54) is 18.3 Å². The summed E-state index contributed by atoms with van der Waals surface area (Å²) < 4.78 is 43.1. The highest BCUT2D eigenvalue weighted by molar-refractivity contribution is 5.99. The van der Waals surface area contributed by atoms with Gasteiger partial charge < -0.3 is 15.5 Å². The number of carbonyl (C=O) groups is 1. The molecule has 0 bridgehead atoms. The Morgan fingerprint density at radius 1 is 1.05 bits per heavy atom. The lowest BCUT2D eigenvalue weighted by atomic mass is 10.0. The Bertz CT molecular complexity index is 1620. The van der Waals surface area contributed by atoms with Crippen molar-refractivity contribution in [2.75, 3.05) is 55.8 Å². The van der Waals surface area contributed by atoms with Gasteiger partial charge in [-0.1, -0.05) is 12.0 Å². The maximum atomic E-state index is 13.8. The number of hydrogen-bond acceptors (Lipinski definition) is 7. The van der Waals surface area contributed by atoms with Gasteiger partial charge in [0.05, 0.1) is 11.8 Å². The number of hydrogen-bond donors (Lipinski definition) is 3. The minimum atomic E-state index is -4.56. The molecular formula is C28H28F3N9O. The number of nitrogens with one attached hydrogen (secondary N) is 3. The van der Waals surface area contributed by atoms with Crippen molar-refractivity contribution in [2.45, 2.75) is 12.7 Å². The summed E-state index contributed by atoms with van der Waals surface area (Å²) in [7, 11) is 3.77. The van der Waals surface area contributed by atoms with Crippen LogP contribution < -0.4 is 20.9 Å². The minimum absolute atomic E-state index is 0.0204. The SMILES string of the molecule is CN(C)c1ccc2ncc(C#Cc3ccnc(NC(=O)Nc4ccc(CN5CCNCC5)c(C(F)(F)F)c4)c3)n2n1. The van der Waals surface area contributed by atoms with Crippen molar-refractivity contribution in [3.05, 3.63) is 77.2 Å². The number of amides is 2. The zero-order valence-electron chi connectivity index (χ0n) is 22.5. The van der Waals surface area contributed by atoms with Crippen molar-refractivity contribution >= 4 is 29.0 Å². The van der Waals surface area contributed by atoms with Crippen LogP contribution in [0.15, 0.2) is 54.9 Å². The summed E-state index contributed by atoms with van der Waals surface area (Å²) in [5.41, 5.74) is 1.20. The van der Waals surface area contributed by atoms with Gasteiger partial charge in [-0.15, -0.1) is 5.10 Å². The normalized spacial score (nSPS) is 13.9. The number of fused-ring (bicyclic) bond motifs is 1. The van der Waals surface area contributed by atoms with Gasteiger partial charge in [-0.25, -0.2) is 19.3 Å². The monoisotopic (exact) mass is 563 g/mol. The van der Waals surface area contributed by atoms with Crippen LogP contribution in [0.5, 0.6) is 0 Å². The highest BCUT2D eigenvalue weighted by atomic mass is 19.4. The maximum Gasteiger partial charge on any atom is 0.416 e. The number of urea groups is 1. The number of halogens is 3. The number of imidazole rings is 1. The molecule has 2 amide bonds. The number of aromatic nitrogens is 4. The van der Waals surface area contributed by atoms with E-state index in [1.807, 2.05) is 36.0 Å². The summed E-state index contributed by atoms with van der Waals surface area (Å²) in [4.78, 5) is 24.9. The third-order valence-electron chi connectivity index (χ3n) is 6.42. The standard InChI is InChI=1S/C28H28F3N9O/c1-38(2)26-8-7-25-34-17-22(40(25)37-26)6-3-19-9-10-33-24(15-19)36-27(41)35-21-5-4-20(23(16-21)28(29,30)31)18-39-13-11-32-12-14-39/h4-5,7-10,15-17,32H,11-14,18H2,1-2H3,(H2,33,35,36,41). The molecule has 1 saturated heterocycles. The minimum Gasteiger partial charge on any atom is -0.361 e. The first-order chi connectivity index (χ1) is 19.7. The van der Waals surface area contributed by atoms with Crippen LogP contribution in [0, 0.1) is 11.8 Å². The number of anilines is 3. The second-order valence-electron chi connectivity index (χ2n) is 9.65. The lowest BCUT2D eigenvalue weighted by Crippen LogP contribution is -2.43. The Balaban J connectivity index is 1.28. The molecule has 1 aromatic carbocycles. The smallest absolute Gasteiger partial charge is 0.361 e. The fourth-order valence-corrected chi connectivity index (χ4v) is 4.35. The van der Waals surface area contributed by atoms with E-state index in [2.05, 4.69) is 42.9 Å². The van der Waals surface area contributed by atoms with E-state index in [0.29, 0.717) is 30.0 Å². The molecule has 3 N–H and O–H groups in total. The first kappa shape index (κ1) is 27.9. The van der Waals surface area contributed by atoms with Crippen LogP contribution in [0.2, 0.25) is 0 Å². The third kappa shape index (κ3) is 6.92. The first-order valence-corrected chi connectivity index (χ1v) is 12.9. The molecule has 0 saturated carbocycles. The van der Waals surface area contributed by atoms with Crippen molar-refractivity contribution in [1.82, 2.24) is 29.8 Å². The zero-order valence-corrected chi connectivity index (χ0v) is 22.5. The molecule has 1 aliphatic heterocycles. The molecule has 0 aliphatic carbocycles. The molecule has 212 valence electrons. The Labute approximate surface area is 234 Å². The van der Waals surface area contributed by atoms with Gasteiger partial charge in [0.1, 0.15) is 17.3 Å². The zero-order chi connectivity index (χ0) is 29.0. The van der Waals surface area contributed by atoms with Crippen LogP contribution in [-0.2, 0) is 12.7 Å². The highest BCUT2D eigenvalue weighted by Crippen LogP contribution is 2.34. The quantitative estimate of drug-likeness (QED) is 0.319. The second-order valence-corrected chi connectivity index (χ2v) is 9.65. The summed E-state index contributed by atoms with van der Waals surface area (Å²) in [5, 5.41) is 12.7. The van der Waals surface area contributed by atoms with Crippen LogP contribution >= 0.6 is 0 Å². The van der Waals surface area contributed by atoms with Gasteiger partial charge in [-0.05, 0) is 47.9 Å². The molecule has 0 radical (unpaired) electrons. The molecule has 4 heterocycles. The molecule has 10 nitrogen and oxygen atoms in total. The van der Waals surface area contributed by atoms with Crippen molar-refractivity contribution in [3.63, 3.8) is 0 Å². The Morgan fingerprint density at radius 2 is 1.85 bits per heavy atom. The van der Waals surface area contributed by atoms with Gasteiger partial charge in [-0.2, -0.15) is 13.2 Å². The molecular weight excluding hydrogens is 535 g/mol. The van der Waals surface area contributed by atoms with Gasteiger partial charge in [0, 0.05) is 64.3 Å². The van der Waals surface area contributed by atoms with E-state index in [4.69, 9.17) is 0 Å². The fraction of sp³-hybridized carbons (Fsp3) is 0.286. The molecule has 0 unspecified atom stereocenters. The van der Waals surface area contributed by atoms with E-state index in [1.54, 1.807) is 22.8 Å². The Hall–Kier alpha value is -4.67. The fourth-order valence-electron chi connectivity index (χ4n) is 4.35. The molecule has 0 spiro atoms. The number of nitrogens with zero attached hydrogens (tertiary/aromatic N) is 6. The van der Waals surface area contributed by atoms with Crippen molar-refractivity contribution in [2.24, 2.45) is 0 Å². The van der Waals surface area contributed by atoms with Gasteiger partial charge in [0.15, 0.2) is 5.65 Å². The maximum absolute atomic E-state index is 13.8. The number of pyridine rings is 1. The Kier molecular flexibility index (Phi) is 8.04. The van der Waals surface area contributed by atoms with Gasteiger partial charge in [-0.3, -0.25) is 10.2 Å². The lowest BCUT2D eigenvalue weighted by molar-refractivity contribution is -0.138. The molecule has 5 rings (SSSR count). The molecule has 1 fully saturated rings. The Morgan fingerprint density at radius 3 is 2.61 bits per heavy atom. The van der Waals surface area contributed by atoms with Crippen LogP contribution in [0.3, 0.4) is 0 Å². The summed E-state index contributed by atoms with van der Waals surface area (Å²) in [6, 6.07) is 10.0. The van der Waals surface area contributed by atoms with Gasteiger partial charge >= 0.3 is 12.2 Å². The number of alkyl halides is 3. The number of piperazine rings is 1. The average molecular weight is 564 g/mol. The highest BCUT2D eigenvalue weighted by Gasteiger charge is 2.34. The average Bonchev–Trinajstić information content (AvgIpc) is 3.35. The largest absolute Gasteiger partial charge is 0.416 e. The molecule has 0 atom stereocenters. The third-order valence-corrected chi connectivity index (χ3v) is 6.42. The predicted octanol–water partition coefficient (Wildman–Crippen LogP) is 3.66. The number of rotatable bonds is 5. The number of carbonyl (C=O) groups excluding carboxylic acids is 1. The molecule has 1 aliphatic rings. The van der Waals surface area contributed by atoms with Crippen LogP contribution in [0.25, 0.3) is 5.65 Å². The van der Waals surface area contributed by atoms with Crippen LogP contribution in [-0.4, -0.2) is 70.8 Å². The molecule has 41 heavy (non-hydrogen) atoms. The summed E-state index contributed by atoms with van der Waals surface area (Å²) >= 11 is 0. The van der Waals surface area contributed by atoms with Crippen molar-refractivity contribution < 1.29 is 18.0 Å². The van der Waals surface area contributed by atoms with Crippen LogP contribution in [0.4, 0.5) is 35.3 Å². The topological polar surface area (TPSA) is 103 Å². The van der Waals surface area contributed by atoms with E-state index in [-0.39, 0.29) is 23.6 Å². The molecule has 4 aromatic rings. The lowest BCUT2D eigenvalue weighted by Gasteiger charge is -2.28. The van der Waals surface area contributed by atoms with E-state index < -0.39 is 17.8 Å². The summed E-state index contributed by atoms with van der Waals surface area (Å²) in [6.45, 7) is 2.99. The van der Waals surface area contributed by atoms with Gasteiger partial charge in [0.2, 0.25) is 0 Å². The van der Waals surface area contributed by atoms with Crippen molar-refractivity contribution in [3.8, 4) is 11.8 Å². The molecule has 13 heteroatoms. The van der Waals surface area contributed by atoms with Crippen LogP contribution in [0.1, 0.15) is 22.4 Å². The van der Waals surface area contributed by atoms with E-state index in [9.17, 15) is 18.0 Å². The summed E-state index contributed by atoms with van der Waals surface area (Å²) in [6.07, 6.45) is -1.47. The van der Waals surface area contributed by atoms with Crippen molar-refractivity contribution in [1.29, 1.82) is 0 Å². The predicted molar refractivity (Wildman–Crippen MR) is 150 cm³/mol. The van der Waals surface area contributed by atoms with E-state index >= 15 is 0 Å². The van der Waals surface area contributed by atoms with E-state index in [0.717, 1.165) is 25.0 Å². The number of benzene rings is 1.